The molecule has 110 valence electrons. The average molecular weight is 263 g/mol. The van der Waals surface area contributed by atoms with Crippen LogP contribution >= 0.6 is 0 Å². The van der Waals surface area contributed by atoms with E-state index in [-0.39, 0.29) is 5.41 Å². The highest BCUT2D eigenvalue weighted by atomic mass is 14.4. The van der Waals surface area contributed by atoms with Crippen LogP contribution < -0.4 is 0 Å². The van der Waals surface area contributed by atoms with Crippen LogP contribution in [0, 0.1) is 28.1 Å². The van der Waals surface area contributed by atoms with E-state index in [0.29, 0.717) is 5.41 Å². The van der Waals surface area contributed by atoms with Crippen molar-refractivity contribution in [2.24, 2.45) is 16.7 Å². The van der Waals surface area contributed by atoms with Crippen molar-refractivity contribution < 1.29 is 0 Å². The van der Waals surface area contributed by atoms with Crippen molar-refractivity contribution in [3.05, 3.63) is 0 Å². The van der Waals surface area contributed by atoms with E-state index in [1.54, 1.807) is 0 Å². The molecule has 0 aromatic rings. The van der Waals surface area contributed by atoms with Gasteiger partial charge >= 0.3 is 0 Å². The van der Waals surface area contributed by atoms with Crippen LogP contribution in [0.1, 0.15) is 91.9 Å². The van der Waals surface area contributed by atoms with Gasteiger partial charge in [-0.25, -0.2) is 0 Å². The second-order valence-electron chi connectivity index (χ2n) is 7.70. The molecular weight excluding hydrogens is 230 g/mol. The summed E-state index contributed by atoms with van der Waals surface area (Å²) in [6, 6.07) is 2.68. The van der Waals surface area contributed by atoms with Gasteiger partial charge in [0.2, 0.25) is 0 Å². The van der Waals surface area contributed by atoms with Gasteiger partial charge in [0.05, 0.1) is 11.5 Å². The number of hydrogen-bond acceptors (Lipinski definition) is 1. The van der Waals surface area contributed by atoms with Gasteiger partial charge in [-0.3, -0.25) is 0 Å². The summed E-state index contributed by atoms with van der Waals surface area (Å²) >= 11 is 0. The minimum Gasteiger partial charge on any atom is -0.198 e. The SMILES string of the molecule is CCCCCCCC1(C#N)CCC(C(C)(C)C)CC1. The summed E-state index contributed by atoms with van der Waals surface area (Å²) < 4.78 is 0. The van der Waals surface area contributed by atoms with Crippen molar-refractivity contribution in [2.45, 2.75) is 91.9 Å². The van der Waals surface area contributed by atoms with E-state index < -0.39 is 0 Å². The molecule has 19 heavy (non-hydrogen) atoms. The van der Waals surface area contributed by atoms with Gasteiger partial charge in [0.1, 0.15) is 0 Å². The average Bonchev–Trinajstić information content (AvgIpc) is 2.38. The van der Waals surface area contributed by atoms with Crippen molar-refractivity contribution in [1.82, 2.24) is 0 Å². The predicted octanol–water partition coefficient (Wildman–Crippen LogP) is 6.09. The molecule has 0 radical (unpaired) electrons. The molecule has 0 aliphatic heterocycles. The summed E-state index contributed by atoms with van der Waals surface area (Å²) in [7, 11) is 0. The van der Waals surface area contributed by atoms with E-state index in [1.807, 2.05) is 0 Å². The third-order valence-corrected chi connectivity index (χ3v) is 5.16. The van der Waals surface area contributed by atoms with E-state index >= 15 is 0 Å². The van der Waals surface area contributed by atoms with Gasteiger partial charge in [-0.1, -0.05) is 59.8 Å². The minimum absolute atomic E-state index is 0.0218. The van der Waals surface area contributed by atoms with Gasteiger partial charge in [-0.05, 0) is 43.4 Å². The Balaban J connectivity index is 2.37. The second kappa shape index (κ2) is 7.32. The summed E-state index contributed by atoms with van der Waals surface area (Å²) in [6.07, 6.45) is 12.5. The zero-order chi connectivity index (χ0) is 14.4. The van der Waals surface area contributed by atoms with Crippen LogP contribution in [-0.4, -0.2) is 0 Å². The first-order chi connectivity index (χ1) is 8.93. The van der Waals surface area contributed by atoms with Crippen molar-refractivity contribution in [2.75, 3.05) is 0 Å². The molecule has 1 aliphatic carbocycles. The van der Waals surface area contributed by atoms with E-state index in [2.05, 4.69) is 33.8 Å². The summed E-state index contributed by atoms with van der Waals surface area (Å²) in [4.78, 5) is 0. The van der Waals surface area contributed by atoms with Gasteiger partial charge in [0.25, 0.3) is 0 Å². The van der Waals surface area contributed by atoms with Crippen LogP contribution in [0.5, 0.6) is 0 Å². The quantitative estimate of drug-likeness (QED) is 0.532. The third-order valence-electron chi connectivity index (χ3n) is 5.16. The maximum absolute atomic E-state index is 9.58. The molecule has 1 rings (SSSR count). The van der Waals surface area contributed by atoms with Crippen LogP contribution in [0.2, 0.25) is 0 Å². The number of nitrogens with zero attached hydrogens (tertiary/aromatic N) is 1. The largest absolute Gasteiger partial charge is 0.198 e. The van der Waals surface area contributed by atoms with Gasteiger partial charge in [-0.15, -0.1) is 0 Å². The Hall–Kier alpha value is -0.510. The van der Waals surface area contributed by atoms with Crippen molar-refractivity contribution >= 4 is 0 Å². The van der Waals surface area contributed by atoms with E-state index in [1.165, 1.54) is 44.9 Å². The van der Waals surface area contributed by atoms with Gasteiger partial charge in [-0.2, -0.15) is 5.26 Å². The Morgan fingerprint density at radius 1 is 1.05 bits per heavy atom. The first-order valence-corrected chi connectivity index (χ1v) is 8.35. The number of rotatable bonds is 6. The van der Waals surface area contributed by atoms with Crippen molar-refractivity contribution in [3.8, 4) is 6.07 Å². The molecule has 0 atom stereocenters. The van der Waals surface area contributed by atoms with Crippen LogP contribution in [0.3, 0.4) is 0 Å². The lowest BCUT2D eigenvalue weighted by Crippen LogP contribution is -2.31. The highest BCUT2D eigenvalue weighted by Crippen LogP contribution is 2.47. The zero-order valence-corrected chi connectivity index (χ0v) is 13.6. The summed E-state index contributed by atoms with van der Waals surface area (Å²) in [5, 5.41) is 9.58. The molecule has 1 aliphatic rings. The first kappa shape index (κ1) is 16.5. The molecule has 0 heterocycles. The zero-order valence-electron chi connectivity index (χ0n) is 13.6. The lowest BCUT2D eigenvalue weighted by atomic mass is 9.63. The van der Waals surface area contributed by atoms with Crippen LogP contribution in [0.4, 0.5) is 0 Å². The fraction of sp³-hybridized carbons (Fsp3) is 0.944. The Bertz CT molecular complexity index is 284. The molecule has 0 aromatic carbocycles. The monoisotopic (exact) mass is 263 g/mol. The fourth-order valence-corrected chi connectivity index (χ4v) is 3.52. The van der Waals surface area contributed by atoms with Crippen LogP contribution in [0.25, 0.3) is 0 Å². The van der Waals surface area contributed by atoms with E-state index in [4.69, 9.17) is 0 Å². The molecule has 0 saturated heterocycles. The smallest absolute Gasteiger partial charge is 0.0689 e. The normalized spacial score (nSPS) is 28.1. The van der Waals surface area contributed by atoms with Crippen LogP contribution in [-0.2, 0) is 0 Å². The molecule has 1 saturated carbocycles. The van der Waals surface area contributed by atoms with E-state index in [0.717, 1.165) is 25.2 Å². The number of nitriles is 1. The highest BCUT2D eigenvalue weighted by Gasteiger charge is 2.38. The molecule has 0 unspecified atom stereocenters. The first-order valence-electron chi connectivity index (χ1n) is 8.35. The Kier molecular flexibility index (Phi) is 6.37. The lowest BCUT2D eigenvalue weighted by Gasteiger charge is -2.40. The molecule has 0 N–H and O–H groups in total. The predicted molar refractivity (Wildman–Crippen MR) is 82.8 cm³/mol. The summed E-state index contributed by atoms with van der Waals surface area (Å²) in [5.41, 5.74) is 0.441. The highest BCUT2D eigenvalue weighted by molar-refractivity contribution is 5.02. The van der Waals surface area contributed by atoms with Crippen molar-refractivity contribution in [3.63, 3.8) is 0 Å². The molecule has 1 heteroatoms. The molecule has 0 bridgehead atoms. The maximum Gasteiger partial charge on any atom is 0.0689 e. The second-order valence-corrected chi connectivity index (χ2v) is 7.70. The molecule has 0 amide bonds. The fourth-order valence-electron chi connectivity index (χ4n) is 3.52. The Morgan fingerprint density at radius 2 is 1.63 bits per heavy atom. The summed E-state index contributed by atoms with van der Waals surface area (Å²) in [6.45, 7) is 9.30. The molecule has 0 spiro atoms. The maximum atomic E-state index is 9.58. The van der Waals surface area contributed by atoms with Crippen molar-refractivity contribution in [1.29, 1.82) is 5.26 Å². The number of unbranched alkanes of at least 4 members (excludes halogenated alkanes) is 4. The molecular formula is C18H33N. The molecule has 0 aromatic heterocycles. The third kappa shape index (κ3) is 5.17. The van der Waals surface area contributed by atoms with Gasteiger partial charge in [0, 0.05) is 0 Å². The molecule has 1 fully saturated rings. The minimum atomic E-state index is 0.0218. The number of hydrogen-bond donors (Lipinski definition) is 0. The lowest BCUT2D eigenvalue weighted by molar-refractivity contribution is 0.113. The Morgan fingerprint density at radius 3 is 2.11 bits per heavy atom. The van der Waals surface area contributed by atoms with E-state index in [9.17, 15) is 5.26 Å². The van der Waals surface area contributed by atoms with Gasteiger partial charge in [0.15, 0.2) is 0 Å². The summed E-state index contributed by atoms with van der Waals surface area (Å²) in [5.74, 6) is 0.814. The Labute approximate surface area is 120 Å². The molecule has 1 nitrogen and oxygen atoms in total. The van der Waals surface area contributed by atoms with Crippen LogP contribution in [0.15, 0.2) is 0 Å². The van der Waals surface area contributed by atoms with Gasteiger partial charge < -0.3 is 0 Å². The topological polar surface area (TPSA) is 23.8 Å². The standard InChI is InChI=1S/C18H33N/c1-5-6-7-8-9-12-18(15-19)13-10-16(11-14-18)17(2,3)4/h16H,5-14H2,1-4H3.